The van der Waals surface area contributed by atoms with Crippen molar-refractivity contribution in [3.05, 3.63) is 45.6 Å². The van der Waals surface area contributed by atoms with Crippen molar-refractivity contribution < 1.29 is 9.72 Å². The summed E-state index contributed by atoms with van der Waals surface area (Å²) in [5.41, 5.74) is 0.0691. The van der Waals surface area contributed by atoms with Crippen molar-refractivity contribution in [2.75, 3.05) is 18.4 Å². The molecule has 1 aromatic carbocycles. The number of non-ortho nitro benzene ring substituents is 1. The fourth-order valence-corrected chi connectivity index (χ4v) is 2.45. The molecule has 0 aliphatic carbocycles. The van der Waals surface area contributed by atoms with E-state index in [0.717, 1.165) is 25.5 Å². The number of nitrogens with one attached hydrogen (secondary N) is 1. The molecule has 0 aromatic heterocycles. The summed E-state index contributed by atoms with van der Waals surface area (Å²) >= 11 is 0. The molecule has 0 bridgehead atoms. The van der Waals surface area contributed by atoms with Crippen LogP contribution in [0.5, 0.6) is 0 Å². The first-order chi connectivity index (χ1) is 11.5. The summed E-state index contributed by atoms with van der Waals surface area (Å²) in [6.07, 6.45) is 4.06. The first-order valence-electron chi connectivity index (χ1n) is 7.41. The van der Waals surface area contributed by atoms with Gasteiger partial charge in [0, 0.05) is 42.7 Å². The molecule has 1 saturated heterocycles. The third-order valence-electron chi connectivity index (χ3n) is 3.64. The molecule has 1 aliphatic rings. The summed E-state index contributed by atoms with van der Waals surface area (Å²) < 4.78 is 0. The van der Waals surface area contributed by atoms with Gasteiger partial charge in [-0.2, -0.15) is 10.5 Å². The number of benzene rings is 1. The zero-order chi connectivity index (χ0) is 17.5. The van der Waals surface area contributed by atoms with Crippen molar-refractivity contribution in [2.45, 2.75) is 19.3 Å². The predicted molar refractivity (Wildman–Crippen MR) is 85.8 cm³/mol. The molecule has 0 saturated carbocycles. The SMILES string of the molecule is N#CC(C#N)=CNc1cc(C(=O)N2CCCCC2)cc([N+](=O)[O-])c1. The fourth-order valence-electron chi connectivity index (χ4n) is 2.45. The molecule has 24 heavy (non-hydrogen) atoms. The highest BCUT2D eigenvalue weighted by atomic mass is 16.6. The third-order valence-corrected chi connectivity index (χ3v) is 3.64. The van der Waals surface area contributed by atoms with Crippen LogP contribution in [0.3, 0.4) is 0 Å². The first kappa shape index (κ1) is 17.0. The van der Waals surface area contributed by atoms with Crippen LogP contribution in [0.25, 0.3) is 0 Å². The maximum Gasteiger partial charge on any atom is 0.272 e. The Bertz CT molecular complexity index is 751. The number of hydrogen-bond acceptors (Lipinski definition) is 6. The molecule has 8 nitrogen and oxygen atoms in total. The number of hydrogen-bond donors (Lipinski definition) is 1. The number of rotatable bonds is 4. The molecule has 0 spiro atoms. The molecule has 0 atom stereocenters. The van der Waals surface area contributed by atoms with Gasteiger partial charge in [0.05, 0.1) is 4.92 Å². The van der Waals surface area contributed by atoms with Gasteiger partial charge in [0.15, 0.2) is 0 Å². The van der Waals surface area contributed by atoms with Crippen LogP contribution in [-0.4, -0.2) is 28.8 Å². The number of nitriles is 2. The third kappa shape index (κ3) is 4.08. The Kier molecular flexibility index (Phi) is 5.48. The van der Waals surface area contributed by atoms with E-state index in [-0.39, 0.29) is 28.4 Å². The van der Waals surface area contributed by atoms with Gasteiger partial charge in [-0.25, -0.2) is 0 Å². The lowest BCUT2D eigenvalue weighted by molar-refractivity contribution is -0.384. The maximum atomic E-state index is 12.5. The number of carbonyl (C=O) groups excluding carboxylic acids is 1. The van der Waals surface area contributed by atoms with E-state index in [9.17, 15) is 14.9 Å². The van der Waals surface area contributed by atoms with Gasteiger partial charge in [0.2, 0.25) is 0 Å². The average molecular weight is 325 g/mol. The summed E-state index contributed by atoms with van der Waals surface area (Å²) in [7, 11) is 0. The van der Waals surface area contributed by atoms with E-state index in [0.29, 0.717) is 13.1 Å². The van der Waals surface area contributed by atoms with Gasteiger partial charge in [-0.05, 0) is 25.3 Å². The second-order valence-corrected chi connectivity index (χ2v) is 5.30. The molecular formula is C16H15N5O3. The molecule has 0 unspecified atom stereocenters. The van der Waals surface area contributed by atoms with Gasteiger partial charge in [-0.3, -0.25) is 14.9 Å². The van der Waals surface area contributed by atoms with Crippen LogP contribution in [0.15, 0.2) is 30.0 Å². The van der Waals surface area contributed by atoms with Crippen molar-refractivity contribution >= 4 is 17.3 Å². The van der Waals surface area contributed by atoms with Crippen molar-refractivity contribution in [1.82, 2.24) is 4.90 Å². The van der Waals surface area contributed by atoms with Gasteiger partial charge in [-0.1, -0.05) is 0 Å². The summed E-state index contributed by atoms with van der Waals surface area (Å²) in [4.78, 5) is 24.7. The number of nitrogens with zero attached hydrogens (tertiary/aromatic N) is 4. The van der Waals surface area contributed by atoms with E-state index in [1.165, 1.54) is 18.2 Å². The maximum absolute atomic E-state index is 12.5. The Morgan fingerprint density at radius 3 is 2.46 bits per heavy atom. The van der Waals surface area contributed by atoms with Crippen LogP contribution in [0.1, 0.15) is 29.6 Å². The van der Waals surface area contributed by atoms with Crippen LogP contribution in [0.2, 0.25) is 0 Å². The van der Waals surface area contributed by atoms with Crippen LogP contribution >= 0.6 is 0 Å². The molecule has 0 radical (unpaired) electrons. The highest BCUT2D eigenvalue weighted by molar-refractivity contribution is 5.96. The van der Waals surface area contributed by atoms with Crippen LogP contribution in [-0.2, 0) is 0 Å². The number of nitro groups is 1. The monoisotopic (exact) mass is 325 g/mol. The minimum absolute atomic E-state index is 0.176. The lowest BCUT2D eigenvalue weighted by Gasteiger charge is -2.26. The van der Waals surface area contributed by atoms with Crippen molar-refractivity contribution in [2.24, 2.45) is 0 Å². The molecule has 122 valence electrons. The minimum Gasteiger partial charge on any atom is -0.360 e. The molecule has 1 fully saturated rings. The van der Waals surface area contributed by atoms with Gasteiger partial charge in [0.1, 0.15) is 17.7 Å². The minimum atomic E-state index is -0.586. The van der Waals surface area contributed by atoms with Gasteiger partial charge < -0.3 is 10.2 Å². The second-order valence-electron chi connectivity index (χ2n) is 5.30. The summed E-state index contributed by atoms with van der Waals surface area (Å²) in [5, 5.41) is 31.2. The quantitative estimate of drug-likeness (QED) is 0.515. The molecule has 2 rings (SSSR count). The number of anilines is 1. The van der Waals surface area contributed by atoms with Gasteiger partial charge in [0.25, 0.3) is 11.6 Å². The highest BCUT2D eigenvalue weighted by Crippen LogP contribution is 2.23. The first-order valence-corrected chi connectivity index (χ1v) is 7.41. The van der Waals surface area contributed by atoms with Crippen molar-refractivity contribution in [1.29, 1.82) is 10.5 Å². The molecular weight excluding hydrogens is 310 g/mol. The van der Waals surface area contributed by atoms with Crippen LogP contribution in [0.4, 0.5) is 11.4 Å². The number of nitro benzene ring substituents is 1. The second kappa shape index (κ2) is 7.75. The molecule has 1 heterocycles. The predicted octanol–water partition coefficient (Wildman–Crippen LogP) is 2.56. The Morgan fingerprint density at radius 1 is 1.21 bits per heavy atom. The van der Waals surface area contributed by atoms with E-state index in [2.05, 4.69) is 5.32 Å². The summed E-state index contributed by atoms with van der Waals surface area (Å²) in [6.45, 7) is 1.27. The van der Waals surface area contributed by atoms with E-state index >= 15 is 0 Å². The summed E-state index contributed by atoms with van der Waals surface area (Å²) in [6, 6.07) is 7.32. The Balaban J connectivity index is 2.32. The zero-order valence-electron chi connectivity index (χ0n) is 12.9. The normalized spacial score (nSPS) is 13.3. The number of likely N-dealkylation sites (tertiary alicyclic amines) is 1. The van der Waals surface area contributed by atoms with E-state index < -0.39 is 4.92 Å². The van der Waals surface area contributed by atoms with E-state index in [1.807, 2.05) is 0 Å². The Morgan fingerprint density at radius 2 is 1.88 bits per heavy atom. The summed E-state index contributed by atoms with van der Waals surface area (Å²) in [5.74, 6) is -0.258. The van der Waals surface area contributed by atoms with Crippen molar-refractivity contribution in [3.63, 3.8) is 0 Å². The van der Waals surface area contributed by atoms with Crippen LogP contribution in [0, 0.1) is 32.8 Å². The average Bonchev–Trinajstić information content (AvgIpc) is 2.62. The number of piperidine rings is 1. The Labute approximate surface area is 138 Å². The largest absolute Gasteiger partial charge is 0.360 e. The molecule has 8 heteroatoms. The Hall–Kier alpha value is -3.39. The molecule has 1 aromatic rings. The standard InChI is InChI=1S/C16H15N5O3/c17-9-12(10-18)11-19-14-6-13(7-15(8-14)21(23)24)16(22)20-4-2-1-3-5-20/h6-8,11,19H,1-5H2. The fraction of sp³-hybridized carbons (Fsp3) is 0.312. The lowest BCUT2D eigenvalue weighted by atomic mass is 10.1. The van der Waals surface area contributed by atoms with Gasteiger partial charge in [-0.15, -0.1) is 0 Å². The molecule has 1 N–H and O–H groups in total. The topological polar surface area (TPSA) is 123 Å². The van der Waals surface area contributed by atoms with Crippen LogP contribution < -0.4 is 5.32 Å². The van der Waals surface area contributed by atoms with Gasteiger partial charge >= 0.3 is 0 Å². The number of carbonyl (C=O) groups is 1. The smallest absolute Gasteiger partial charge is 0.272 e. The molecule has 1 amide bonds. The number of amides is 1. The number of allylic oxidation sites excluding steroid dienone is 1. The van der Waals surface area contributed by atoms with Crippen molar-refractivity contribution in [3.8, 4) is 12.1 Å². The highest BCUT2D eigenvalue weighted by Gasteiger charge is 2.21. The lowest BCUT2D eigenvalue weighted by Crippen LogP contribution is -2.35. The zero-order valence-corrected chi connectivity index (χ0v) is 12.9. The van der Waals surface area contributed by atoms with E-state index in [1.54, 1.807) is 17.0 Å². The molecule has 1 aliphatic heterocycles. The van der Waals surface area contributed by atoms with E-state index in [4.69, 9.17) is 10.5 Å².